The van der Waals surface area contributed by atoms with Crippen molar-refractivity contribution in [3.05, 3.63) is 0 Å². The average Bonchev–Trinajstić information content (AvgIpc) is 2.25. The zero-order chi connectivity index (χ0) is 12.6. The highest BCUT2D eigenvalue weighted by Gasteiger charge is 2.17. The van der Waals surface area contributed by atoms with Crippen LogP contribution in [0.15, 0.2) is 0 Å². The fourth-order valence-electron chi connectivity index (χ4n) is 1.09. The number of carbonyl (C=O) groups excluding carboxylic acids is 2. The minimum absolute atomic E-state index is 0.157. The van der Waals surface area contributed by atoms with Gasteiger partial charge in [-0.25, -0.2) is 4.79 Å². The third-order valence-electron chi connectivity index (χ3n) is 2.03. The van der Waals surface area contributed by atoms with Crippen molar-refractivity contribution in [1.29, 1.82) is 0 Å². The van der Waals surface area contributed by atoms with Gasteiger partial charge in [-0.15, -0.1) is 6.42 Å². The third kappa shape index (κ3) is 5.37. The summed E-state index contributed by atoms with van der Waals surface area (Å²) in [5.74, 6) is 2.14. The second-order valence-corrected chi connectivity index (χ2v) is 3.36. The summed E-state index contributed by atoms with van der Waals surface area (Å²) in [6.45, 7) is 5.83. The Hall–Kier alpha value is -1.54. The number of rotatable bonds is 5. The van der Waals surface area contributed by atoms with Gasteiger partial charge >= 0.3 is 6.03 Å². The van der Waals surface area contributed by atoms with Crippen molar-refractivity contribution in [3.8, 4) is 12.3 Å². The molecular weight excluding hydrogens is 206 g/mol. The Bertz CT molecular complexity index is 283. The lowest BCUT2D eigenvalue weighted by atomic mass is 10.2. The number of urea groups is 1. The summed E-state index contributed by atoms with van der Waals surface area (Å²) in [5.41, 5.74) is 0. The number of nitrogens with one attached hydrogen (secondary N) is 3. The summed E-state index contributed by atoms with van der Waals surface area (Å²) in [7, 11) is 0. The van der Waals surface area contributed by atoms with E-state index >= 15 is 0 Å². The molecule has 0 saturated heterocycles. The fourth-order valence-corrected chi connectivity index (χ4v) is 1.09. The van der Waals surface area contributed by atoms with Gasteiger partial charge in [0.05, 0.1) is 12.1 Å². The van der Waals surface area contributed by atoms with E-state index in [9.17, 15) is 9.59 Å². The van der Waals surface area contributed by atoms with Gasteiger partial charge in [-0.3, -0.25) is 15.4 Å². The molecule has 16 heavy (non-hydrogen) atoms. The van der Waals surface area contributed by atoms with Crippen LogP contribution in [0, 0.1) is 12.3 Å². The lowest BCUT2D eigenvalue weighted by Crippen LogP contribution is -2.50. The Labute approximate surface area is 96.4 Å². The van der Waals surface area contributed by atoms with Gasteiger partial charge in [0.25, 0.3) is 0 Å². The summed E-state index contributed by atoms with van der Waals surface area (Å²) < 4.78 is 0. The van der Waals surface area contributed by atoms with Crippen LogP contribution in [0.3, 0.4) is 0 Å². The second kappa shape index (κ2) is 7.71. The molecule has 0 aromatic rings. The predicted octanol–water partition coefficient (Wildman–Crippen LogP) is 0.222. The number of amides is 3. The molecule has 0 fully saturated rings. The first kappa shape index (κ1) is 14.5. The van der Waals surface area contributed by atoms with E-state index in [0.717, 1.165) is 6.42 Å². The van der Waals surface area contributed by atoms with Crippen molar-refractivity contribution in [2.45, 2.75) is 39.3 Å². The van der Waals surface area contributed by atoms with E-state index in [1.165, 1.54) is 0 Å². The van der Waals surface area contributed by atoms with E-state index in [-0.39, 0.29) is 11.9 Å². The number of carbonyl (C=O) groups is 2. The number of imide groups is 1. The van der Waals surface area contributed by atoms with Crippen LogP contribution in [-0.2, 0) is 4.79 Å². The Morgan fingerprint density at radius 2 is 2.00 bits per heavy atom. The van der Waals surface area contributed by atoms with Gasteiger partial charge in [0, 0.05) is 6.54 Å². The van der Waals surface area contributed by atoms with Gasteiger partial charge in [0.1, 0.15) is 0 Å². The zero-order valence-corrected chi connectivity index (χ0v) is 9.96. The molecule has 0 aliphatic rings. The standard InChI is InChI=1S/C11H19N3O2/c1-5-9(6-2)13-8(4)10(15)14-11(16)12-7-3/h1,8-9,13H,6-7H2,2-4H3,(H2,12,14,15,16). The van der Waals surface area contributed by atoms with Crippen LogP contribution in [0.4, 0.5) is 4.79 Å². The highest BCUT2D eigenvalue weighted by atomic mass is 16.2. The van der Waals surface area contributed by atoms with Gasteiger partial charge in [-0.1, -0.05) is 12.8 Å². The van der Waals surface area contributed by atoms with E-state index < -0.39 is 12.1 Å². The third-order valence-corrected chi connectivity index (χ3v) is 2.03. The molecule has 2 unspecified atom stereocenters. The largest absolute Gasteiger partial charge is 0.338 e. The van der Waals surface area contributed by atoms with Crippen LogP contribution in [0.25, 0.3) is 0 Å². The molecule has 0 aromatic carbocycles. The molecule has 0 aromatic heterocycles. The van der Waals surface area contributed by atoms with Gasteiger partial charge in [-0.2, -0.15) is 0 Å². The van der Waals surface area contributed by atoms with E-state index in [0.29, 0.717) is 6.54 Å². The Morgan fingerprint density at radius 3 is 2.44 bits per heavy atom. The molecule has 3 N–H and O–H groups in total. The summed E-state index contributed by atoms with van der Waals surface area (Å²) in [5, 5.41) is 7.62. The first-order valence-electron chi connectivity index (χ1n) is 5.35. The van der Waals surface area contributed by atoms with E-state index in [4.69, 9.17) is 6.42 Å². The summed E-state index contributed by atoms with van der Waals surface area (Å²) in [6.07, 6.45) is 5.99. The molecule has 0 rings (SSSR count). The molecule has 2 atom stereocenters. The smallest absolute Gasteiger partial charge is 0.321 e. The first-order valence-corrected chi connectivity index (χ1v) is 5.35. The quantitative estimate of drug-likeness (QED) is 0.586. The maximum absolute atomic E-state index is 11.5. The van der Waals surface area contributed by atoms with Crippen LogP contribution >= 0.6 is 0 Å². The monoisotopic (exact) mass is 225 g/mol. The van der Waals surface area contributed by atoms with Crippen molar-refractivity contribution in [2.75, 3.05) is 6.54 Å². The molecule has 0 radical (unpaired) electrons. The Balaban J connectivity index is 4.09. The second-order valence-electron chi connectivity index (χ2n) is 3.36. The lowest BCUT2D eigenvalue weighted by molar-refractivity contribution is -0.121. The summed E-state index contributed by atoms with van der Waals surface area (Å²) in [6, 6.07) is -1.14. The minimum atomic E-state index is -0.497. The molecule has 0 aliphatic carbocycles. The number of hydrogen-bond acceptors (Lipinski definition) is 3. The first-order chi connectivity index (χ1) is 7.54. The lowest BCUT2D eigenvalue weighted by Gasteiger charge is -2.17. The molecular formula is C11H19N3O2. The summed E-state index contributed by atoms with van der Waals surface area (Å²) in [4.78, 5) is 22.6. The SMILES string of the molecule is C#CC(CC)NC(C)C(=O)NC(=O)NCC. The predicted molar refractivity (Wildman–Crippen MR) is 62.7 cm³/mol. The summed E-state index contributed by atoms with van der Waals surface area (Å²) >= 11 is 0. The van der Waals surface area contributed by atoms with E-state index in [1.807, 2.05) is 6.92 Å². The average molecular weight is 225 g/mol. The van der Waals surface area contributed by atoms with E-state index in [2.05, 4.69) is 21.9 Å². The van der Waals surface area contributed by atoms with E-state index in [1.54, 1.807) is 13.8 Å². The van der Waals surface area contributed by atoms with Crippen LogP contribution in [-0.4, -0.2) is 30.6 Å². The molecule has 0 spiro atoms. The van der Waals surface area contributed by atoms with Crippen LogP contribution in [0.5, 0.6) is 0 Å². The zero-order valence-electron chi connectivity index (χ0n) is 9.96. The van der Waals surface area contributed by atoms with Crippen LogP contribution in [0.2, 0.25) is 0 Å². The Morgan fingerprint density at radius 1 is 1.38 bits per heavy atom. The highest BCUT2D eigenvalue weighted by molar-refractivity contribution is 5.96. The van der Waals surface area contributed by atoms with Crippen molar-refractivity contribution in [2.24, 2.45) is 0 Å². The fraction of sp³-hybridized carbons (Fsp3) is 0.636. The Kier molecular flexibility index (Phi) is 6.97. The van der Waals surface area contributed by atoms with Gasteiger partial charge in [0.15, 0.2) is 0 Å². The molecule has 90 valence electrons. The van der Waals surface area contributed by atoms with Gasteiger partial charge < -0.3 is 5.32 Å². The van der Waals surface area contributed by atoms with Crippen LogP contribution < -0.4 is 16.0 Å². The molecule has 0 saturated carbocycles. The molecule has 5 nitrogen and oxygen atoms in total. The van der Waals surface area contributed by atoms with Crippen molar-refractivity contribution >= 4 is 11.9 Å². The number of terminal acetylenes is 1. The van der Waals surface area contributed by atoms with Crippen molar-refractivity contribution in [1.82, 2.24) is 16.0 Å². The maximum Gasteiger partial charge on any atom is 0.321 e. The highest BCUT2D eigenvalue weighted by Crippen LogP contribution is 1.92. The molecule has 5 heteroatoms. The minimum Gasteiger partial charge on any atom is -0.338 e. The number of hydrogen-bond donors (Lipinski definition) is 3. The van der Waals surface area contributed by atoms with Crippen molar-refractivity contribution in [3.63, 3.8) is 0 Å². The normalized spacial score (nSPS) is 13.4. The van der Waals surface area contributed by atoms with Crippen molar-refractivity contribution < 1.29 is 9.59 Å². The topological polar surface area (TPSA) is 70.2 Å². The molecule has 0 heterocycles. The van der Waals surface area contributed by atoms with Crippen LogP contribution in [0.1, 0.15) is 27.2 Å². The maximum atomic E-state index is 11.5. The van der Waals surface area contributed by atoms with Gasteiger partial charge in [0.2, 0.25) is 5.91 Å². The molecule has 0 bridgehead atoms. The molecule has 3 amide bonds. The molecule has 0 aliphatic heterocycles. The van der Waals surface area contributed by atoms with Gasteiger partial charge in [-0.05, 0) is 20.3 Å².